The zero-order valence-corrected chi connectivity index (χ0v) is 16.0. The summed E-state index contributed by atoms with van der Waals surface area (Å²) in [6.45, 7) is 1.82. The van der Waals surface area contributed by atoms with Crippen LogP contribution in [-0.2, 0) is 11.2 Å². The lowest BCUT2D eigenvalue weighted by molar-refractivity contribution is -0.177. The van der Waals surface area contributed by atoms with E-state index in [0.717, 1.165) is 33.6 Å². The second-order valence-electron chi connectivity index (χ2n) is 6.67. The van der Waals surface area contributed by atoms with E-state index in [0.29, 0.717) is 13.1 Å². The number of benzene rings is 2. The van der Waals surface area contributed by atoms with Gasteiger partial charge in [0, 0.05) is 24.1 Å². The Balaban J connectivity index is 1.74. The molecule has 0 aromatic heterocycles. The Morgan fingerprint density at radius 3 is 2.50 bits per heavy atom. The number of amides is 1. The molecule has 3 rings (SSSR count). The van der Waals surface area contributed by atoms with Gasteiger partial charge in [-0.25, -0.2) is 5.06 Å². The average molecular weight is 419 g/mol. The first kappa shape index (κ1) is 19.0. The van der Waals surface area contributed by atoms with E-state index in [4.69, 9.17) is 0 Å². The Morgan fingerprint density at radius 1 is 1.19 bits per heavy atom. The molecule has 1 unspecified atom stereocenters. The first-order valence-corrected chi connectivity index (χ1v) is 9.53. The highest BCUT2D eigenvalue weighted by atomic mass is 79.9. The Morgan fingerprint density at radius 2 is 1.88 bits per heavy atom. The molecule has 5 nitrogen and oxygen atoms in total. The monoisotopic (exact) mass is 418 g/mol. The molecule has 1 heterocycles. The minimum atomic E-state index is -0.468. The third-order valence-electron chi connectivity index (χ3n) is 4.68. The van der Waals surface area contributed by atoms with Gasteiger partial charge in [0.2, 0.25) is 0 Å². The molecule has 0 radical (unpaired) electrons. The quantitative estimate of drug-likeness (QED) is 0.558. The van der Waals surface area contributed by atoms with Crippen LogP contribution < -0.4 is 0 Å². The van der Waals surface area contributed by atoms with Crippen LogP contribution in [0.1, 0.15) is 23.6 Å². The van der Waals surface area contributed by atoms with Crippen molar-refractivity contribution in [2.45, 2.75) is 25.0 Å². The van der Waals surface area contributed by atoms with Gasteiger partial charge in [-0.15, -0.1) is 0 Å². The smallest absolute Gasteiger partial charge is 0.250 e. The van der Waals surface area contributed by atoms with Crippen molar-refractivity contribution in [1.29, 1.82) is 0 Å². The summed E-state index contributed by atoms with van der Waals surface area (Å²) < 4.78 is 0.948. The molecule has 2 aromatic rings. The highest BCUT2D eigenvalue weighted by Crippen LogP contribution is 2.24. The highest BCUT2D eigenvalue weighted by molar-refractivity contribution is 9.10. The number of nitrogens with zero attached hydrogens (tertiary/aromatic N) is 2. The van der Waals surface area contributed by atoms with Gasteiger partial charge >= 0.3 is 0 Å². The molecule has 1 aliphatic rings. The summed E-state index contributed by atoms with van der Waals surface area (Å²) in [5.74, 6) is -0.346. The first-order chi connectivity index (χ1) is 12.5. The zero-order valence-electron chi connectivity index (χ0n) is 14.5. The largest absolute Gasteiger partial charge is 0.392 e. The van der Waals surface area contributed by atoms with Crippen LogP contribution in [0.4, 0.5) is 0 Å². The molecule has 0 spiro atoms. The van der Waals surface area contributed by atoms with Crippen LogP contribution in [0.3, 0.4) is 0 Å². The fourth-order valence-electron chi connectivity index (χ4n) is 3.25. The van der Waals surface area contributed by atoms with E-state index in [9.17, 15) is 15.1 Å². The van der Waals surface area contributed by atoms with E-state index in [1.807, 2.05) is 54.6 Å². The Kier molecular flexibility index (Phi) is 6.43. The van der Waals surface area contributed by atoms with E-state index in [1.165, 1.54) is 0 Å². The molecule has 0 saturated carbocycles. The number of likely N-dealkylation sites (tertiary alicyclic amines) is 1. The van der Waals surface area contributed by atoms with E-state index >= 15 is 0 Å². The molecule has 138 valence electrons. The molecule has 26 heavy (non-hydrogen) atoms. The van der Waals surface area contributed by atoms with Crippen molar-refractivity contribution in [3.63, 3.8) is 0 Å². The van der Waals surface area contributed by atoms with Crippen LogP contribution in [-0.4, -0.2) is 51.9 Å². The second-order valence-corrected chi connectivity index (χ2v) is 7.59. The molecule has 1 aliphatic heterocycles. The van der Waals surface area contributed by atoms with Crippen LogP contribution >= 0.6 is 15.9 Å². The Labute approximate surface area is 161 Å². The normalized spacial score (nSPS) is 18.7. The lowest BCUT2D eigenvalue weighted by Gasteiger charge is -2.30. The Hall–Kier alpha value is -1.73. The first-order valence-electron chi connectivity index (χ1n) is 8.73. The minimum absolute atomic E-state index is 0.135. The molecule has 2 aromatic carbocycles. The maximum Gasteiger partial charge on any atom is 0.250 e. The third kappa shape index (κ3) is 4.92. The van der Waals surface area contributed by atoms with Crippen molar-refractivity contribution in [2.24, 2.45) is 0 Å². The van der Waals surface area contributed by atoms with Gasteiger partial charge < -0.3 is 5.11 Å². The minimum Gasteiger partial charge on any atom is -0.392 e. The highest BCUT2D eigenvalue weighted by Gasteiger charge is 2.29. The van der Waals surface area contributed by atoms with Crippen molar-refractivity contribution >= 4 is 21.8 Å². The maximum absolute atomic E-state index is 12.6. The molecule has 1 amide bonds. The number of carbonyl (C=O) groups is 1. The third-order valence-corrected chi connectivity index (χ3v) is 5.21. The summed E-state index contributed by atoms with van der Waals surface area (Å²) >= 11 is 3.38. The SMILES string of the molecule is O=C(Cc1ccc(Br)cc1)N(O)[C@H](CN1CCC(O)C1)c1ccccc1. The fourth-order valence-corrected chi connectivity index (χ4v) is 3.52. The lowest BCUT2D eigenvalue weighted by Crippen LogP contribution is -2.40. The van der Waals surface area contributed by atoms with Crippen LogP contribution in [0.25, 0.3) is 0 Å². The molecule has 0 aliphatic carbocycles. The van der Waals surface area contributed by atoms with Gasteiger partial charge in [-0.3, -0.25) is 14.9 Å². The molecule has 6 heteroatoms. The number of aliphatic hydroxyl groups is 1. The van der Waals surface area contributed by atoms with Gasteiger partial charge in [0.05, 0.1) is 18.6 Å². The summed E-state index contributed by atoms with van der Waals surface area (Å²) in [7, 11) is 0. The van der Waals surface area contributed by atoms with Crippen molar-refractivity contribution in [3.8, 4) is 0 Å². The molecular weight excluding hydrogens is 396 g/mol. The molecule has 1 fully saturated rings. The predicted molar refractivity (Wildman–Crippen MR) is 103 cm³/mol. The Bertz CT molecular complexity index is 724. The van der Waals surface area contributed by atoms with E-state index in [2.05, 4.69) is 20.8 Å². The average Bonchev–Trinajstić information content (AvgIpc) is 3.07. The van der Waals surface area contributed by atoms with Gasteiger partial charge in [0.1, 0.15) is 0 Å². The molecular formula is C20H23BrN2O3. The van der Waals surface area contributed by atoms with Crippen molar-refractivity contribution < 1.29 is 15.1 Å². The van der Waals surface area contributed by atoms with Crippen molar-refractivity contribution in [1.82, 2.24) is 9.96 Å². The number of rotatable bonds is 6. The van der Waals surface area contributed by atoms with Gasteiger partial charge in [-0.2, -0.15) is 0 Å². The topological polar surface area (TPSA) is 64.0 Å². The summed E-state index contributed by atoms with van der Waals surface area (Å²) in [5, 5.41) is 21.3. The number of hydroxylamine groups is 2. The maximum atomic E-state index is 12.6. The summed E-state index contributed by atoms with van der Waals surface area (Å²) in [4.78, 5) is 14.7. The van der Waals surface area contributed by atoms with E-state index in [-0.39, 0.29) is 18.4 Å². The molecule has 1 saturated heterocycles. The molecule has 2 atom stereocenters. The van der Waals surface area contributed by atoms with Crippen LogP contribution in [0, 0.1) is 0 Å². The van der Waals surface area contributed by atoms with E-state index in [1.54, 1.807) is 0 Å². The summed E-state index contributed by atoms with van der Waals surface area (Å²) in [6.07, 6.45) is 0.521. The number of β-amino-alcohol motifs (C(OH)–C–C–N with tert-alkyl or cyclic N) is 1. The second kappa shape index (κ2) is 8.77. The summed E-state index contributed by atoms with van der Waals surface area (Å²) in [6, 6.07) is 16.5. The number of halogens is 1. The van der Waals surface area contributed by atoms with E-state index < -0.39 is 6.04 Å². The van der Waals surface area contributed by atoms with Crippen LogP contribution in [0.2, 0.25) is 0 Å². The molecule has 0 bridgehead atoms. The van der Waals surface area contributed by atoms with Crippen LogP contribution in [0.5, 0.6) is 0 Å². The van der Waals surface area contributed by atoms with Crippen LogP contribution in [0.15, 0.2) is 59.1 Å². The van der Waals surface area contributed by atoms with Gasteiger partial charge in [0.25, 0.3) is 5.91 Å². The van der Waals surface area contributed by atoms with Crippen molar-refractivity contribution in [3.05, 3.63) is 70.2 Å². The number of carbonyl (C=O) groups excluding carboxylic acids is 1. The number of aliphatic hydroxyl groups excluding tert-OH is 1. The standard InChI is InChI=1S/C20H23BrN2O3/c21-17-8-6-15(7-9-17)12-20(25)23(26)19(16-4-2-1-3-5-16)14-22-11-10-18(24)13-22/h1-9,18-19,24,26H,10-14H2/t18?,19-/m1/s1. The summed E-state index contributed by atoms with van der Waals surface area (Å²) in [5.41, 5.74) is 1.72. The zero-order chi connectivity index (χ0) is 18.5. The van der Waals surface area contributed by atoms with Gasteiger partial charge in [-0.05, 0) is 29.7 Å². The molecule has 2 N–H and O–H groups in total. The fraction of sp³-hybridized carbons (Fsp3) is 0.350. The van der Waals surface area contributed by atoms with Crippen molar-refractivity contribution in [2.75, 3.05) is 19.6 Å². The predicted octanol–water partition coefficient (Wildman–Crippen LogP) is 3.02. The number of hydrogen-bond donors (Lipinski definition) is 2. The van der Waals surface area contributed by atoms with Gasteiger partial charge in [-0.1, -0.05) is 58.4 Å². The number of hydrogen-bond acceptors (Lipinski definition) is 4. The van der Waals surface area contributed by atoms with Gasteiger partial charge in [0.15, 0.2) is 0 Å². The lowest BCUT2D eigenvalue weighted by atomic mass is 10.0.